The van der Waals surface area contributed by atoms with Crippen LogP contribution in [0.25, 0.3) is 0 Å². The summed E-state index contributed by atoms with van der Waals surface area (Å²) in [4.78, 5) is 13.9. The van der Waals surface area contributed by atoms with E-state index in [1.54, 1.807) is 0 Å². The molecule has 32 heavy (non-hydrogen) atoms. The maximum absolute atomic E-state index is 13.9. The molecule has 2 saturated carbocycles. The SMILES string of the molecule is CC(C)=CCC[C@@H](C)[C@H]1CC[C@]2(C)C3=C(CC[C@@]12C)[C@@]1(C)CC[C@H](O)C(C)(C)[C@H]1CC3=O. The summed E-state index contributed by atoms with van der Waals surface area (Å²) in [6.45, 7) is 18.7. The van der Waals surface area contributed by atoms with Crippen molar-refractivity contribution < 1.29 is 9.90 Å². The van der Waals surface area contributed by atoms with Gasteiger partial charge in [-0.1, -0.05) is 58.8 Å². The number of hydrogen-bond donors (Lipinski definition) is 1. The van der Waals surface area contributed by atoms with Crippen molar-refractivity contribution in [3.63, 3.8) is 0 Å². The number of carbonyl (C=O) groups excluding carboxylic acids is 1. The number of ketones is 1. The van der Waals surface area contributed by atoms with Gasteiger partial charge in [0, 0.05) is 17.4 Å². The van der Waals surface area contributed by atoms with Crippen LogP contribution in [0.2, 0.25) is 0 Å². The summed E-state index contributed by atoms with van der Waals surface area (Å²) < 4.78 is 0. The van der Waals surface area contributed by atoms with E-state index in [0.29, 0.717) is 24.0 Å². The second kappa shape index (κ2) is 7.82. The highest BCUT2D eigenvalue weighted by Crippen LogP contribution is 2.71. The molecular weight excluding hydrogens is 392 g/mol. The number of carbonyl (C=O) groups is 1. The predicted octanol–water partition coefficient (Wildman–Crippen LogP) is 7.66. The van der Waals surface area contributed by atoms with Crippen LogP contribution < -0.4 is 0 Å². The molecule has 0 aromatic carbocycles. The quantitative estimate of drug-likeness (QED) is 0.456. The van der Waals surface area contributed by atoms with Gasteiger partial charge in [-0.25, -0.2) is 0 Å². The molecule has 0 aromatic heterocycles. The first-order chi connectivity index (χ1) is 14.8. The molecule has 2 nitrogen and oxygen atoms in total. The standard InChI is InChI=1S/C30H48O2/c1-19(2)10-9-11-20(3)21-12-17-30(8)26-22(13-16-29(21,30)7)28(6)15-14-25(32)27(4,5)24(28)18-23(26)31/h10,20-21,24-25,32H,9,11-18H2,1-8H3/t20-,21-,24-,25+,28-,29+,30-/m1/s1. The van der Waals surface area contributed by atoms with E-state index in [1.165, 1.54) is 48.8 Å². The number of fused-ring (bicyclic) bond motifs is 4. The van der Waals surface area contributed by atoms with Crippen LogP contribution in [0.5, 0.6) is 0 Å². The molecule has 0 spiro atoms. The van der Waals surface area contributed by atoms with E-state index in [2.05, 4.69) is 61.5 Å². The zero-order valence-electron chi connectivity index (χ0n) is 22.1. The van der Waals surface area contributed by atoms with E-state index in [1.807, 2.05) is 0 Å². The van der Waals surface area contributed by atoms with E-state index in [9.17, 15) is 9.90 Å². The molecule has 1 N–H and O–H groups in total. The van der Waals surface area contributed by atoms with Crippen LogP contribution in [0, 0.1) is 39.4 Å². The van der Waals surface area contributed by atoms with E-state index in [4.69, 9.17) is 0 Å². The minimum absolute atomic E-state index is 0.0152. The van der Waals surface area contributed by atoms with Gasteiger partial charge in [0.2, 0.25) is 0 Å². The normalized spacial score (nSPS) is 43.9. The molecule has 7 atom stereocenters. The Kier molecular flexibility index (Phi) is 5.93. The van der Waals surface area contributed by atoms with E-state index < -0.39 is 0 Å². The fraction of sp³-hybridized carbons (Fsp3) is 0.833. The predicted molar refractivity (Wildman–Crippen MR) is 133 cm³/mol. The van der Waals surface area contributed by atoms with Gasteiger partial charge in [-0.2, -0.15) is 0 Å². The molecule has 2 fully saturated rings. The second-order valence-corrected chi connectivity index (χ2v) is 13.6. The van der Waals surface area contributed by atoms with Crippen LogP contribution >= 0.6 is 0 Å². The third-order valence-corrected chi connectivity index (χ3v) is 11.5. The highest BCUT2D eigenvalue weighted by molar-refractivity contribution is 5.99. The number of aliphatic hydroxyl groups excluding tert-OH is 1. The largest absolute Gasteiger partial charge is 0.393 e. The van der Waals surface area contributed by atoms with E-state index >= 15 is 0 Å². The van der Waals surface area contributed by atoms with Crippen LogP contribution in [-0.4, -0.2) is 17.0 Å². The van der Waals surface area contributed by atoms with Crippen molar-refractivity contribution in [3.8, 4) is 0 Å². The molecule has 4 rings (SSSR count). The Hall–Kier alpha value is -0.890. The minimum Gasteiger partial charge on any atom is -0.393 e. The zero-order chi connectivity index (χ0) is 23.7. The molecule has 0 saturated heterocycles. The summed E-state index contributed by atoms with van der Waals surface area (Å²) in [6.07, 6.45) is 11.8. The van der Waals surface area contributed by atoms with Gasteiger partial charge >= 0.3 is 0 Å². The lowest BCUT2D eigenvalue weighted by molar-refractivity contribution is -0.134. The Balaban J connectivity index is 1.70. The Labute approximate surface area is 197 Å². The van der Waals surface area contributed by atoms with Crippen molar-refractivity contribution in [1.29, 1.82) is 0 Å². The third-order valence-electron chi connectivity index (χ3n) is 11.5. The lowest BCUT2D eigenvalue weighted by Crippen LogP contribution is -2.57. The summed E-state index contributed by atoms with van der Waals surface area (Å²) in [7, 11) is 0. The first-order valence-electron chi connectivity index (χ1n) is 13.4. The van der Waals surface area contributed by atoms with Gasteiger partial charge in [-0.15, -0.1) is 0 Å². The number of rotatable bonds is 4. The molecule has 0 unspecified atom stereocenters. The first kappa shape index (κ1) is 24.2. The first-order valence-corrected chi connectivity index (χ1v) is 13.4. The number of allylic oxidation sites excluding steroid dienone is 4. The lowest BCUT2D eigenvalue weighted by atomic mass is 9.43. The van der Waals surface area contributed by atoms with Gasteiger partial charge in [-0.3, -0.25) is 4.79 Å². The van der Waals surface area contributed by atoms with Crippen LogP contribution in [0.4, 0.5) is 0 Å². The van der Waals surface area contributed by atoms with Crippen molar-refractivity contribution in [1.82, 2.24) is 0 Å². The van der Waals surface area contributed by atoms with Crippen molar-refractivity contribution >= 4 is 5.78 Å². The second-order valence-electron chi connectivity index (χ2n) is 13.6. The lowest BCUT2D eigenvalue weighted by Gasteiger charge is -2.61. The Morgan fingerprint density at radius 1 is 1.09 bits per heavy atom. The van der Waals surface area contributed by atoms with Gasteiger partial charge in [0.05, 0.1) is 6.10 Å². The van der Waals surface area contributed by atoms with Crippen molar-refractivity contribution in [2.45, 2.75) is 119 Å². The monoisotopic (exact) mass is 440 g/mol. The minimum atomic E-state index is -0.294. The average molecular weight is 441 g/mol. The molecule has 4 aliphatic carbocycles. The third kappa shape index (κ3) is 3.25. The number of hydrogen-bond acceptors (Lipinski definition) is 2. The Morgan fingerprint density at radius 2 is 1.78 bits per heavy atom. The van der Waals surface area contributed by atoms with Crippen LogP contribution in [0.1, 0.15) is 113 Å². The van der Waals surface area contributed by atoms with Crippen molar-refractivity contribution in [3.05, 3.63) is 22.8 Å². The number of Topliss-reactive ketones (excluding diaryl/α,β-unsaturated/α-hetero) is 1. The van der Waals surface area contributed by atoms with Gasteiger partial charge in [-0.05, 0) is 99.2 Å². The van der Waals surface area contributed by atoms with Crippen LogP contribution in [0.3, 0.4) is 0 Å². The summed E-state index contributed by atoms with van der Waals surface area (Å²) in [5, 5.41) is 10.8. The van der Waals surface area contributed by atoms with Crippen molar-refractivity contribution in [2.75, 3.05) is 0 Å². The molecule has 2 heteroatoms. The molecule has 0 aliphatic heterocycles. The molecule has 0 aromatic rings. The Bertz CT molecular complexity index is 843. The zero-order valence-corrected chi connectivity index (χ0v) is 22.1. The van der Waals surface area contributed by atoms with E-state index in [-0.39, 0.29) is 33.7 Å². The van der Waals surface area contributed by atoms with Crippen molar-refractivity contribution in [2.24, 2.45) is 39.4 Å². The molecule has 0 amide bonds. The van der Waals surface area contributed by atoms with Crippen LogP contribution in [0.15, 0.2) is 22.8 Å². The summed E-state index contributed by atoms with van der Waals surface area (Å²) in [5.41, 5.74) is 4.28. The highest BCUT2D eigenvalue weighted by Gasteiger charge is 2.65. The molecule has 0 bridgehead atoms. The molecular formula is C30H48O2. The van der Waals surface area contributed by atoms with Crippen LogP contribution in [-0.2, 0) is 4.79 Å². The molecule has 0 heterocycles. The summed E-state index contributed by atoms with van der Waals surface area (Å²) in [6, 6.07) is 0. The average Bonchev–Trinajstić information content (AvgIpc) is 2.98. The number of aliphatic hydroxyl groups is 1. The van der Waals surface area contributed by atoms with Gasteiger partial charge in [0.15, 0.2) is 5.78 Å². The fourth-order valence-electron chi connectivity index (χ4n) is 9.14. The Morgan fingerprint density at radius 3 is 2.44 bits per heavy atom. The molecule has 0 radical (unpaired) electrons. The maximum Gasteiger partial charge on any atom is 0.159 e. The smallest absolute Gasteiger partial charge is 0.159 e. The topological polar surface area (TPSA) is 37.3 Å². The molecule has 180 valence electrons. The van der Waals surface area contributed by atoms with Gasteiger partial charge < -0.3 is 5.11 Å². The molecule has 4 aliphatic rings. The van der Waals surface area contributed by atoms with Gasteiger partial charge in [0.1, 0.15) is 0 Å². The fourth-order valence-corrected chi connectivity index (χ4v) is 9.14. The van der Waals surface area contributed by atoms with E-state index in [0.717, 1.165) is 19.3 Å². The highest BCUT2D eigenvalue weighted by atomic mass is 16.3. The summed E-state index contributed by atoms with van der Waals surface area (Å²) >= 11 is 0. The summed E-state index contributed by atoms with van der Waals surface area (Å²) in [5.74, 6) is 2.08. The van der Waals surface area contributed by atoms with Gasteiger partial charge in [0.25, 0.3) is 0 Å². The maximum atomic E-state index is 13.9.